The van der Waals surface area contributed by atoms with E-state index in [-0.39, 0.29) is 12.2 Å². The van der Waals surface area contributed by atoms with Gasteiger partial charge in [0.2, 0.25) is 0 Å². The van der Waals surface area contributed by atoms with Crippen molar-refractivity contribution in [3.8, 4) is 5.75 Å². The van der Waals surface area contributed by atoms with E-state index in [1.54, 1.807) is 22.9 Å². The molecule has 3 aromatic rings. The summed E-state index contributed by atoms with van der Waals surface area (Å²) in [4.78, 5) is 24.1. The fourth-order valence-corrected chi connectivity index (χ4v) is 3.79. The summed E-state index contributed by atoms with van der Waals surface area (Å²) < 4.78 is 35.8. The van der Waals surface area contributed by atoms with Crippen LogP contribution in [0.3, 0.4) is 0 Å². The van der Waals surface area contributed by atoms with Crippen LogP contribution >= 0.6 is 0 Å². The van der Waals surface area contributed by atoms with Gasteiger partial charge < -0.3 is 9.84 Å². The molecule has 2 aromatic carbocycles. The topological polar surface area (TPSA) is 73.5 Å². The molecular formula is C26H30F2N2O4. The Kier molecular flexibility index (Phi) is 7.91. The van der Waals surface area contributed by atoms with Crippen molar-refractivity contribution in [2.24, 2.45) is 0 Å². The number of halogens is 2. The molecule has 0 amide bonds. The number of aryl methyl sites for hydroxylation is 2. The van der Waals surface area contributed by atoms with Gasteiger partial charge in [-0.1, -0.05) is 19.1 Å². The number of hydrogen-bond acceptors (Lipinski definition) is 3. The van der Waals surface area contributed by atoms with Gasteiger partial charge in [0.1, 0.15) is 17.4 Å². The maximum Gasteiger partial charge on any atom is 0.347 e. The van der Waals surface area contributed by atoms with Crippen LogP contribution in [-0.2, 0) is 30.7 Å². The minimum atomic E-state index is -1.31. The zero-order chi connectivity index (χ0) is 24.9. The molecular weight excluding hydrogens is 442 g/mol. The van der Waals surface area contributed by atoms with Gasteiger partial charge in [0.15, 0.2) is 5.60 Å². The van der Waals surface area contributed by atoms with Crippen molar-refractivity contribution in [3.63, 3.8) is 0 Å². The number of aliphatic carboxylic acids is 1. The van der Waals surface area contributed by atoms with E-state index in [4.69, 9.17) is 4.74 Å². The summed E-state index contributed by atoms with van der Waals surface area (Å²) in [5, 5.41) is 9.19. The summed E-state index contributed by atoms with van der Waals surface area (Å²) in [5.41, 5.74) is 0.846. The second-order valence-electron chi connectivity index (χ2n) is 8.88. The standard InChI is InChI=1S/C26H30F2N2O4/c1-4-12-30-22(17-29(25(30)33)16-19-13-20(27)15-21(28)14-19)7-5-6-18-8-10-23(11-9-18)34-26(2,3)24(31)32/h8-11,13-15,17H,4-7,12,16H2,1-3H3,(H,31,32). The molecule has 0 aliphatic heterocycles. The molecule has 3 rings (SSSR count). The molecule has 8 heteroatoms. The molecule has 34 heavy (non-hydrogen) atoms. The van der Waals surface area contributed by atoms with Gasteiger partial charge in [0, 0.05) is 24.5 Å². The number of ether oxygens (including phenoxy) is 1. The lowest BCUT2D eigenvalue weighted by Crippen LogP contribution is -2.37. The number of nitrogens with zero attached hydrogens (tertiary/aromatic N) is 2. The summed E-state index contributed by atoms with van der Waals surface area (Å²) >= 11 is 0. The van der Waals surface area contributed by atoms with Crippen molar-refractivity contribution < 1.29 is 23.4 Å². The lowest BCUT2D eigenvalue weighted by molar-refractivity contribution is -0.152. The zero-order valence-corrected chi connectivity index (χ0v) is 19.7. The van der Waals surface area contributed by atoms with Crippen LogP contribution in [0.5, 0.6) is 5.75 Å². The van der Waals surface area contributed by atoms with E-state index in [9.17, 15) is 23.5 Å². The van der Waals surface area contributed by atoms with Crippen molar-refractivity contribution in [2.75, 3.05) is 0 Å². The SMILES string of the molecule is CCCn1c(CCCc2ccc(OC(C)(C)C(=O)O)cc2)cn(Cc2cc(F)cc(F)c2)c1=O. The number of rotatable bonds is 11. The first-order chi connectivity index (χ1) is 16.1. The number of aromatic nitrogens is 2. The molecule has 1 N–H and O–H groups in total. The lowest BCUT2D eigenvalue weighted by Gasteiger charge is -2.21. The highest BCUT2D eigenvalue weighted by molar-refractivity contribution is 5.76. The van der Waals surface area contributed by atoms with Gasteiger partial charge >= 0.3 is 11.7 Å². The van der Waals surface area contributed by atoms with Crippen molar-refractivity contribution in [2.45, 2.75) is 65.1 Å². The van der Waals surface area contributed by atoms with Crippen LogP contribution in [0.2, 0.25) is 0 Å². The molecule has 0 bridgehead atoms. The molecule has 0 saturated carbocycles. The van der Waals surface area contributed by atoms with E-state index in [1.807, 2.05) is 19.1 Å². The van der Waals surface area contributed by atoms with Gasteiger partial charge in [-0.15, -0.1) is 0 Å². The Hall–Kier alpha value is -3.42. The maximum absolute atomic E-state index is 13.5. The molecule has 0 atom stereocenters. The van der Waals surface area contributed by atoms with Gasteiger partial charge in [0.05, 0.1) is 6.54 Å². The minimum absolute atomic E-state index is 0.103. The van der Waals surface area contributed by atoms with E-state index < -0.39 is 23.2 Å². The van der Waals surface area contributed by atoms with Crippen LogP contribution in [0.25, 0.3) is 0 Å². The number of hydrogen-bond donors (Lipinski definition) is 1. The van der Waals surface area contributed by atoms with Gasteiger partial charge in [-0.25, -0.2) is 18.4 Å². The highest BCUT2D eigenvalue weighted by Gasteiger charge is 2.29. The molecule has 1 aromatic heterocycles. The van der Waals surface area contributed by atoms with Crippen LogP contribution in [-0.4, -0.2) is 25.8 Å². The Morgan fingerprint density at radius 1 is 1.03 bits per heavy atom. The van der Waals surface area contributed by atoms with Crippen molar-refractivity contribution in [1.82, 2.24) is 9.13 Å². The second kappa shape index (κ2) is 10.7. The highest BCUT2D eigenvalue weighted by atomic mass is 19.1. The van der Waals surface area contributed by atoms with Gasteiger partial charge in [-0.2, -0.15) is 0 Å². The maximum atomic E-state index is 13.5. The van der Waals surface area contributed by atoms with Crippen LogP contribution in [0.15, 0.2) is 53.5 Å². The highest BCUT2D eigenvalue weighted by Crippen LogP contribution is 2.20. The molecule has 0 radical (unpaired) electrons. The third-order valence-electron chi connectivity index (χ3n) is 5.56. The minimum Gasteiger partial charge on any atom is -0.478 e. The molecule has 0 aliphatic rings. The number of carboxylic acids is 1. The summed E-state index contributed by atoms with van der Waals surface area (Å²) in [6.45, 7) is 5.66. The molecule has 0 spiro atoms. The molecule has 0 unspecified atom stereocenters. The second-order valence-corrected chi connectivity index (χ2v) is 8.88. The number of carbonyl (C=O) groups is 1. The Bertz CT molecular complexity index is 1180. The number of carboxylic acid groups (broad SMARTS) is 1. The van der Waals surface area contributed by atoms with E-state index in [2.05, 4.69) is 0 Å². The van der Waals surface area contributed by atoms with Crippen molar-refractivity contribution >= 4 is 5.97 Å². The molecule has 6 nitrogen and oxygen atoms in total. The van der Waals surface area contributed by atoms with Crippen molar-refractivity contribution in [1.29, 1.82) is 0 Å². The van der Waals surface area contributed by atoms with Crippen LogP contribution in [0.4, 0.5) is 8.78 Å². The van der Waals surface area contributed by atoms with Crippen LogP contribution < -0.4 is 10.4 Å². The van der Waals surface area contributed by atoms with E-state index in [0.29, 0.717) is 24.3 Å². The lowest BCUT2D eigenvalue weighted by atomic mass is 10.1. The Morgan fingerprint density at radius 2 is 1.68 bits per heavy atom. The van der Waals surface area contributed by atoms with Gasteiger partial charge in [-0.3, -0.25) is 9.13 Å². The van der Waals surface area contributed by atoms with Crippen LogP contribution in [0.1, 0.15) is 50.4 Å². The average molecular weight is 473 g/mol. The van der Waals surface area contributed by atoms with E-state index >= 15 is 0 Å². The summed E-state index contributed by atoms with van der Waals surface area (Å²) in [6, 6.07) is 10.6. The first-order valence-corrected chi connectivity index (χ1v) is 11.3. The normalized spacial score (nSPS) is 11.6. The Balaban J connectivity index is 1.66. The molecule has 0 fully saturated rings. The fraction of sp³-hybridized carbons (Fsp3) is 0.385. The number of imidazole rings is 1. The molecule has 1 heterocycles. The third kappa shape index (κ3) is 6.34. The Labute approximate surface area is 197 Å². The molecule has 0 aliphatic carbocycles. The first kappa shape index (κ1) is 25.2. The average Bonchev–Trinajstić information content (AvgIpc) is 3.03. The molecule has 0 saturated heterocycles. The smallest absolute Gasteiger partial charge is 0.347 e. The zero-order valence-electron chi connectivity index (χ0n) is 19.7. The monoisotopic (exact) mass is 472 g/mol. The van der Waals surface area contributed by atoms with Gasteiger partial charge in [0.25, 0.3) is 0 Å². The molecule has 182 valence electrons. The summed E-state index contributed by atoms with van der Waals surface area (Å²) in [7, 11) is 0. The predicted molar refractivity (Wildman–Crippen MR) is 125 cm³/mol. The van der Waals surface area contributed by atoms with Gasteiger partial charge in [-0.05, 0) is 74.9 Å². The predicted octanol–water partition coefficient (Wildman–Crippen LogP) is 4.80. The number of benzene rings is 2. The Morgan fingerprint density at radius 3 is 2.26 bits per heavy atom. The quantitative estimate of drug-likeness (QED) is 0.435. The van der Waals surface area contributed by atoms with E-state index in [0.717, 1.165) is 36.6 Å². The van der Waals surface area contributed by atoms with Crippen LogP contribution in [0, 0.1) is 11.6 Å². The van der Waals surface area contributed by atoms with E-state index in [1.165, 1.54) is 30.5 Å². The summed E-state index contributed by atoms with van der Waals surface area (Å²) in [5.74, 6) is -1.89. The first-order valence-electron chi connectivity index (χ1n) is 11.3. The summed E-state index contributed by atoms with van der Waals surface area (Å²) in [6.07, 6.45) is 4.79. The third-order valence-corrected chi connectivity index (χ3v) is 5.56. The largest absolute Gasteiger partial charge is 0.478 e. The fourth-order valence-electron chi connectivity index (χ4n) is 3.79. The van der Waals surface area contributed by atoms with Crippen molar-refractivity contribution in [3.05, 3.63) is 87.6 Å².